The molecule has 0 amide bonds. The fourth-order valence-electron chi connectivity index (χ4n) is 2.97. The first kappa shape index (κ1) is 21.2. The molecule has 3 N–H and O–H groups in total. The van der Waals surface area contributed by atoms with Crippen molar-refractivity contribution >= 4 is 29.9 Å². The van der Waals surface area contributed by atoms with E-state index in [1.165, 1.54) is 6.42 Å². The highest BCUT2D eigenvalue weighted by atomic mass is 127. The van der Waals surface area contributed by atoms with Crippen LogP contribution in [-0.4, -0.2) is 35.2 Å². The molecule has 138 valence electrons. The number of aliphatic imine (C=N–C) groups is 1. The van der Waals surface area contributed by atoms with Gasteiger partial charge < -0.3 is 20.2 Å². The summed E-state index contributed by atoms with van der Waals surface area (Å²) in [7, 11) is 0. The third-order valence-electron chi connectivity index (χ3n) is 4.73. The zero-order chi connectivity index (χ0) is 16.9. The van der Waals surface area contributed by atoms with Crippen LogP contribution in [0.4, 0.5) is 0 Å². The third-order valence-corrected chi connectivity index (χ3v) is 4.73. The standard InChI is InChI=1S/C17H30N4O2.HI/c1-5-18-16(19-10-15-21-12(2)13(3)23-15)20-11-17(4)9-7-6-8-14(17)22;/h14,22H,5-11H2,1-4H3,(H2,18,19,20);1H. The quantitative estimate of drug-likeness (QED) is 0.365. The SMILES string of the molecule is CCNC(=NCc1nc(C)c(C)o1)NCC1(C)CCCCC1O.I. The van der Waals surface area contributed by atoms with Gasteiger partial charge in [0.2, 0.25) is 5.89 Å². The number of hydrogen-bond acceptors (Lipinski definition) is 4. The largest absolute Gasteiger partial charge is 0.444 e. The van der Waals surface area contributed by atoms with Gasteiger partial charge in [-0.3, -0.25) is 0 Å². The van der Waals surface area contributed by atoms with Gasteiger partial charge in [-0.1, -0.05) is 19.8 Å². The van der Waals surface area contributed by atoms with E-state index < -0.39 is 0 Å². The number of nitrogens with zero attached hydrogens (tertiary/aromatic N) is 2. The Balaban J connectivity index is 0.00000288. The van der Waals surface area contributed by atoms with Gasteiger partial charge in [0.1, 0.15) is 12.3 Å². The van der Waals surface area contributed by atoms with E-state index in [1.54, 1.807) is 0 Å². The van der Waals surface area contributed by atoms with Gasteiger partial charge in [0, 0.05) is 18.5 Å². The van der Waals surface area contributed by atoms with Gasteiger partial charge in [-0.2, -0.15) is 0 Å². The number of aryl methyl sites for hydroxylation is 2. The van der Waals surface area contributed by atoms with Crippen LogP contribution < -0.4 is 10.6 Å². The zero-order valence-corrected chi connectivity index (χ0v) is 17.5. The number of aromatic nitrogens is 1. The number of rotatable bonds is 5. The summed E-state index contributed by atoms with van der Waals surface area (Å²) in [5.41, 5.74) is 0.816. The van der Waals surface area contributed by atoms with Crippen LogP contribution in [0.15, 0.2) is 9.41 Å². The first-order chi connectivity index (χ1) is 10.9. The van der Waals surface area contributed by atoms with Gasteiger partial charge in [0.15, 0.2) is 5.96 Å². The molecular formula is C17H31IN4O2. The van der Waals surface area contributed by atoms with E-state index in [4.69, 9.17) is 4.42 Å². The molecule has 2 rings (SSSR count). The van der Waals surface area contributed by atoms with Crippen molar-refractivity contribution < 1.29 is 9.52 Å². The van der Waals surface area contributed by atoms with Gasteiger partial charge in [-0.05, 0) is 33.6 Å². The first-order valence-corrected chi connectivity index (χ1v) is 8.58. The predicted octanol–water partition coefficient (Wildman–Crippen LogP) is 2.91. The molecule has 0 aliphatic heterocycles. The average Bonchev–Trinajstić information content (AvgIpc) is 2.84. The highest BCUT2D eigenvalue weighted by Crippen LogP contribution is 2.35. The Labute approximate surface area is 161 Å². The Kier molecular flexibility index (Phi) is 8.49. The third kappa shape index (κ3) is 5.61. The molecule has 2 unspecified atom stereocenters. The molecule has 7 heteroatoms. The monoisotopic (exact) mass is 450 g/mol. The molecule has 6 nitrogen and oxygen atoms in total. The van der Waals surface area contributed by atoms with Crippen LogP contribution in [0, 0.1) is 19.3 Å². The minimum absolute atomic E-state index is 0. The molecule has 1 heterocycles. The topological polar surface area (TPSA) is 82.7 Å². The minimum atomic E-state index is -0.247. The molecule has 1 saturated carbocycles. The van der Waals surface area contributed by atoms with Crippen LogP contribution >= 0.6 is 24.0 Å². The van der Waals surface area contributed by atoms with Crippen molar-refractivity contribution in [3.05, 3.63) is 17.3 Å². The van der Waals surface area contributed by atoms with Crippen LogP contribution in [0.1, 0.15) is 56.9 Å². The fraction of sp³-hybridized carbons (Fsp3) is 0.765. The Morgan fingerprint density at radius 3 is 2.71 bits per heavy atom. The normalized spacial score (nSPS) is 24.4. The Morgan fingerprint density at radius 2 is 2.12 bits per heavy atom. The maximum absolute atomic E-state index is 10.3. The van der Waals surface area contributed by atoms with E-state index in [0.717, 1.165) is 43.2 Å². The van der Waals surface area contributed by atoms with E-state index in [0.29, 0.717) is 19.0 Å². The van der Waals surface area contributed by atoms with Crippen molar-refractivity contribution in [3.8, 4) is 0 Å². The number of guanidine groups is 1. The second-order valence-electron chi connectivity index (χ2n) is 6.71. The lowest BCUT2D eigenvalue weighted by Crippen LogP contribution is -2.48. The lowest BCUT2D eigenvalue weighted by Gasteiger charge is -2.38. The molecule has 0 bridgehead atoms. The maximum atomic E-state index is 10.3. The predicted molar refractivity (Wildman–Crippen MR) is 107 cm³/mol. The molecule has 1 aliphatic rings. The molecule has 2 atom stereocenters. The van der Waals surface area contributed by atoms with E-state index >= 15 is 0 Å². The van der Waals surface area contributed by atoms with Crippen LogP contribution in [0.5, 0.6) is 0 Å². The van der Waals surface area contributed by atoms with E-state index in [2.05, 4.69) is 27.5 Å². The second-order valence-corrected chi connectivity index (χ2v) is 6.71. The Hall–Kier alpha value is -0.830. The smallest absolute Gasteiger partial charge is 0.216 e. The molecular weight excluding hydrogens is 419 g/mol. The molecule has 0 radical (unpaired) electrons. The molecule has 0 saturated heterocycles. The lowest BCUT2D eigenvalue weighted by molar-refractivity contribution is 0.00397. The fourth-order valence-corrected chi connectivity index (χ4v) is 2.97. The maximum Gasteiger partial charge on any atom is 0.216 e. The summed E-state index contributed by atoms with van der Waals surface area (Å²) in [6, 6.07) is 0. The van der Waals surface area contributed by atoms with Gasteiger partial charge in [0.25, 0.3) is 0 Å². The van der Waals surface area contributed by atoms with Crippen molar-refractivity contribution in [2.75, 3.05) is 13.1 Å². The first-order valence-electron chi connectivity index (χ1n) is 8.58. The summed E-state index contributed by atoms with van der Waals surface area (Å²) in [6.45, 7) is 9.93. The van der Waals surface area contributed by atoms with Crippen molar-refractivity contribution in [3.63, 3.8) is 0 Å². The van der Waals surface area contributed by atoms with E-state index in [9.17, 15) is 5.11 Å². The van der Waals surface area contributed by atoms with Crippen LogP contribution in [0.3, 0.4) is 0 Å². The van der Waals surface area contributed by atoms with E-state index in [1.807, 2.05) is 20.8 Å². The van der Waals surface area contributed by atoms with Crippen molar-refractivity contribution in [2.45, 2.75) is 66.0 Å². The summed E-state index contributed by atoms with van der Waals surface area (Å²) < 4.78 is 5.56. The van der Waals surface area contributed by atoms with Gasteiger partial charge in [-0.25, -0.2) is 9.98 Å². The number of halogens is 1. The molecule has 0 aromatic carbocycles. The number of hydrogen-bond donors (Lipinski definition) is 3. The number of aliphatic hydroxyl groups is 1. The lowest BCUT2D eigenvalue weighted by atomic mass is 9.73. The molecule has 1 fully saturated rings. The zero-order valence-electron chi connectivity index (χ0n) is 15.2. The molecule has 1 aromatic rings. The number of oxazole rings is 1. The van der Waals surface area contributed by atoms with Crippen molar-refractivity contribution in [1.82, 2.24) is 15.6 Å². The van der Waals surface area contributed by atoms with Gasteiger partial charge in [-0.15, -0.1) is 24.0 Å². The number of nitrogens with one attached hydrogen (secondary N) is 2. The average molecular weight is 450 g/mol. The van der Waals surface area contributed by atoms with Crippen LogP contribution in [0.2, 0.25) is 0 Å². The molecule has 0 spiro atoms. The second kappa shape index (κ2) is 9.60. The van der Waals surface area contributed by atoms with Crippen LogP contribution in [0.25, 0.3) is 0 Å². The summed E-state index contributed by atoms with van der Waals surface area (Å²) in [4.78, 5) is 8.88. The number of aliphatic hydroxyl groups excluding tert-OH is 1. The summed E-state index contributed by atoms with van der Waals surface area (Å²) in [5, 5.41) is 16.9. The highest BCUT2D eigenvalue weighted by molar-refractivity contribution is 14.0. The highest BCUT2D eigenvalue weighted by Gasteiger charge is 2.35. The van der Waals surface area contributed by atoms with Gasteiger partial charge in [0.05, 0.1) is 11.8 Å². The van der Waals surface area contributed by atoms with Gasteiger partial charge >= 0.3 is 0 Å². The summed E-state index contributed by atoms with van der Waals surface area (Å²) in [6.07, 6.45) is 3.98. The van der Waals surface area contributed by atoms with Crippen molar-refractivity contribution in [2.24, 2.45) is 10.4 Å². The summed E-state index contributed by atoms with van der Waals surface area (Å²) in [5.74, 6) is 2.20. The van der Waals surface area contributed by atoms with Crippen molar-refractivity contribution in [1.29, 1.82) is 0 Å². The molecule has 1 aromatic heterocycles. The van der Waals surface area contributed by atoms with E-state index in [-0.39, 0.29) is 35.5 Å². The Morgan fingerprint density at radius 1 is 1.38 bits per heavy atom. The minimum Gasteiger partial charge on any atom is -0.444 e. The van der Waals surface area contributed by atoms with Crippen LogP contribution in [-0.2, 0) is 6.54 Å². The molecule has 1 aliphatic carbocycles. The Bertz CT molecular complexity index is 527. The summed E-state index contributed by atoms with van der Waals surface area (Å²) >= 11 is 0. The molecule has 24 heavy (non-hydrogen) atoms.